The number of benzene rings is 2. The molecule has 0 atom stereocenters. The van der Waals surface area contributed by atoms with E-state index < -0.39 is 0 Å². The lowest BCUT2D eigenvalue weighted by Gasteiger charge is -2.04. The minimum absolute atomic E-state index is 1.12. The standard InChI is InChI=1S/C12H11N.C8H18/c1-3-7-11(8-4-1)13-12-9-5-2-6-10-12;1-3-5-7-8-6-4-2/h1-10,13H;3-8H2,1-2H3. The van der Waals surface area contributed by atoms with Gasteiger partial charge in [0.05, 0.1) is 0 Å². The third-order valence-corrected chi connectivity index (χ3v) is 3.29. The van der Waals surface area contributed by atoms with Crippen LogP contribution in [0.5, 0.6) is 0 Å². The molecule has 1 heteroatoms. The lowest BCUT2D eigenvalue weighted by Crippen LogP contribution is -1.87. The minimum Gasteiger partial charge on any atom is -0.356 e. The Balaban J connectivity index is 0.000000240. The highest BCUT2D eigenvalue weighted by Crippen LogP contribution is 2.14. The molecular formula is C20H29N. The van der Waals surface area contributed by atoms with Gasteiger partial charge in [0.15, 0.2) is 0 Å². The van der Waals surface area contributed by atoms with Crippen molar-refractivity contribution in [2.45, 2.75) is 52.4 Å². The van der Waals surface area contributed by atoms with Crippen molar-refractivity contribution in [3.05, 3.63) is 60.7 Å². The summed E-state index contributed by atoms with van der Waals surface area (Å²) in [5.74, 6) is 0. The van der Waals surface area contributed by atoms with Gasteiger partial charge in [-0.3, -0.25) is 0 Å². The van der Waals surface area contributed by atoms with Crippen molar-refractivity contribution in [2.24, 2.45) is 0 Å². The maximum atomic E-state index is 3.30. The molecule has 2 aromatic carbocycles. The van der Waals surface area contributed by atoms with Gasteiger partial charge in [-0.1, -0.05) is 88.8 Å². The summed E-state index contributed by atoms with van der Waals surface area (Å²) in [4.78, 5) is 0. The number of unbranched alkanes of at least 4 members (excludes halogenated alkanes) is 5. The molecule has 114 valence electrons. The molecule has 0 aliphatic carbocycles. The van der Waals surface area contributed by atoms with Crippen LogP contribution in [-0.4, -0.2) is 0 Å². The highest BCUT2D eigenvalue weighted by molar-refractivity contribution is 5.58. The van der Waals surface area contributed by atoms with E-state index in [0.717, 1.165) is 11.4 Å². The molecule has 21 heavy (non-hydrogen) atoms. The molecule has 1 N–H and O–H groups in total. The first-order valence-corrected chi connectivity index (χ1v) is 8.24. The zero-order valence-electron chi connectivity index (χ0n) is 13.5. The minimum atomic E-state index is 1.12. The quantitative estimate of drug-likeness (QED) is 0.551. The summed E-state index contributed by atoms with van der Waals surface area (Å²) in [6.07, 6.45) is 8.49. The molecule has 0 aromatic heterocycles. The van der Waals surface area contributed by atoms with Crippen LogP contribution in [-0.2, 0) is 0 Å². The number of hydrogen-bond acceptors (Lipinski definition) is 1. The summed E-state index contributed by atoms with van der Waals surface area (Å²) < 4.78 is 0. The van der Waals surface area contributed by atoms with E-state index in [9.17, 15) is 0 Å². The molecule has 0 aliphatic rings. The highest BCUT2D eigenvalue weighted by Gasteiger charge is 1.89. The molecule has 0 fully saturated rings. The SMILES string of the molecule is CCCCCCCC.c1ccc(Nc2ccccc2)cc1. The normalized spacial score (nSPS) is 9.62. The molecular weight excluding hydrogens is 254 g/mol. The van der Waals surface area contributed by atoms with Crippen molar-refractivity contribution in [3.63, 3.8) is 0 Å². The topological polar surface area (TPSA) is 12.0 Å². The van der Waals surface area contributed by atoms with Crippen LogP contribution in [0.4, 0.5) is 11.4 Å². The molecule has 0 bridgehead atoms. The Morgan fingerprint density at radius 1 is 0.571 bits per heavy atom. The molecule has 2 rings (SSSR count). The maximum Gasteiger partial charge on any atom is 0.0384 e. The van der Waals surface area contributed by atoms with Crippen LogP contribution in [0.1, 0.15) is 52.4 Å². The molecule has 0 saturated heterocycles. The van der Waals surface area contributed by atoms with Gasteiger partial charge in [0, 0.05) is 11.4 Å². The zero-order valence-corrected chi connectivity index (χ0v) is 13.5. The Kier molecular flexibility index (Phi) is 9.89. The summed E-state index contributed by atoms with van der Waals surface area (Å²) in [6, 6.07) is 20.3. The molecule has 1 nitrogen and oxygen atoms in total. The van der Waals surface area contributed by atoms with Gasteiger partial charge in [-0.05, 0) is 24.3 Å². The maximum absolute atomic E-state index is 3.30. The van der Waals surface area contributed by atoms with Crippen molar-refractivity contribution >= 4 is 11.4 Å². The summed E-state index contributed by atoms with van der Waals surface area (Å²) >= 11 is 0. The van der Waals surface area contributed by atoms with E-state index in [2.05, 4.69) is 19.2 Å². The third-order valence-electron chi connectivity index (χ3n) is 3.29. The second kappa shape index (κ2) is 12.0. The van der Waals surface area contributed by atoms with Crippen LogP contribution in [0.2, 0.25) is 0 Å². The molecule has 0 unspecified atom stereocenters. The Hall–Kier alpha value is -1.76. The number of anilines is 2. The Morgan fingerprint density at radius 2 is 0.952 bits per heavy atom. The fourth-order valence-corrected chi connectivity index (χ4v) is 2.06. The van der Waals surface area contributed by atoms with E-state index in [1.54, 1.807) is 0 Å². The first kappa shape index (κ1) is 17.3. The van der Waals surface area contributed by atoms with Gasteiger partial charge in [-0.2, -0.15) is 0 Å². The van der Waals surface area contributed by atoms with Crippen LogP contribution in [0, 0.1) is 0 Å². The lowest BCUT2D eigenvalue weighted by atomic mass is 10.1. The fourth-order valence-electron chi connectivity index (χ4n) is 2.06. The van der Waals surface area contributed by atoms with Crippen molar-refractivity contribution in [3.8, 4) is 0 Å². The molecule has 0 radical (unpaired) electrons. The predicted octanol–water partition coefficient (Wildman–Crippen LogP) is 6.80. The number of rotatable bonds is 7. The van der Waals surface area contributed by atoms with E-state index in [1.807, 2.05) is 60.7 Å². The number of hydrogen-bond donors (Lipinski definition) is 1. The van der Waals surface area contributed by atoms with E-state index in [-0.39, 0.29) is 0 Å². The summed E-state index contributed by atoms with van der Waals surface area (Å²) in [6.45, 7) is 4.51. The molecule has 0 spiro atoms. The molecule has 0 aliphatic heterocycles. The second-order valence-corrected chi connectivity index (χ2v) is 5.27. The average Bonchev–Trinajstić information content (AvgIpc) is 2.54. The number of para-hydroxylation sites is 2. The smallest absolute Gasteiger partial charge is 0.0384 e. The van der Waals surface area contributed by atoms with E-state index >= 15 is 0 Å². The highest BCUT2D eigenvalue weighted by atomic mass is 14.9. The fraction of sp³-hybridized carbons (Fsp3) is 0.400. The van der Waals surface area contributed by atoms with E-state index in [0.29, 0.717) is 0 Å². The monoisotopic (exact) mass is 283 g/mol. The van der Waals surface area contributed by atoms with E-state index in [4.69, 9.17) is 0 Å². The lowest BCUT2D eigenvalue weighted by molar-refractivity contribution is 0.624. The van der Waals surface area contributed by atoms with Crippen molar-refractivity contribution < 1.29 is 0 Å². The van der Waals surface area contributed by atoms with Gasteiger partial charge in [-0.25, -0.2) is 0 Å². The first-order valence-electron chi connectivity index (χ1n) is 8.24. The summed E-state index contributed by atoms with van der Waals surface area (Å²) in [5, 5.41) is 3.30. The van der Waals surface area contributed by atoms with Crippen LogP contribution >= 0.6 is 0 Å². The van der Waals surface area contributed by atoms with Gasteiger partial charge < -0.3 is 5.32 Å². The van der Waals surface area contributed by atoms with Gasteiger partial charge in [0.2, 0.25) is 0 Å². The van der Waals surface area contributed by atoms with Crippen LogP contribution < -0.4 is 5.32 Å². The van der Waals surface area contributed by atoms with Crippen molar-refractivity contribution in [1.29, 1.82) is 0 Å². The molecule has 0 saturated carbocycles. The van der Waals surface area contributed by atoms with E-state index in [1.165, 1.54) is 38.5 Å². The first-order chi connectivity index (χ1) is 10.4. The van der Waals surface area contributed by atoms with Gasteiger partial charge in [0.25, 0.3) is 0 Å². The second-order valence-electron chi connectivity index (χ2n) is 5.27. The Labute approximate surface area is 130 Å². The predicted molar refractivity (Wildman–Crippen MR) is 95.2 cm³/mol. The largest absolute Gasteiger partial charge is 0.356 e. The molecule has 0 amide bonds. The van der Waals surface area contributed by atoms with Crippen molar-refractivity contribution in [1.82, 2.24) is 0 Å². The zero-order chi connectivity index (χ0) is 15.2. The summed E-state index contributed by atoms with van der Waals surface area (Å²) in [7, 11) is 0. The Morgan fingerprint density at radius 3 is 1.29 bits per heavy atom. The Bertz CT molecular complexity index is 392. The average molecular weight is 283 g/mol. The van der Waals surface area contributed by atoms with Gasteiger partial charge in [0.1, 0.15) is 0 Å². The molecule has 0 heterocycles. The van der Waals surface area contributed by atoms with Crippen LogP contribution in [0.25, 0.3) is 0 Å². The number of nitrogens with one attached hydrogen (secondary N) is 1. The van der Waals surface area contributed by atoms with Crippen molar-refractivity contribution in [2.75, 3.05) is 5.32 Å². The third kappa shape index (κ3) is 8.91. The van der Waals surface area contributed by atoms with Gasteiger partial charge in [-0.15, -0.1) is 0 Å². The van der Waals surface area contributed by atoms with Crippen LogP contribution in [0.15, 0.2) is 60.7 Å². The molecule has 2 aromatic rings. The van der Waals surface area contributed by atoms with Crippen LogP contribution in [0.3, 0.4) is 0 Å². The van der Waals surface area contributed by atoms with Gasteiger partial charge >= 0.3 is 0 Å². The summed E-state index contributed by atoms with van der Waals surface area (Å²) in [5.41, 5.74) is 2.24.